The topological polar surface area (TPSA) is 0 Å². The van der Waals surface area contributed by atoms with Crippen LogP contribution in [0, 0.1) is 0 Å². The average Bonchev–Trinajstić information content (AvgIpc) is 2.22. The van der Waals surface area contributed by atoms with Crippen molar-refractivity contribution >= 4 is 9.52 Å². The van der Waals surface area contributed by atoms with Crippen molar-refractivity contribution in [3.05, 3.63) is 22.5 Å². The lowest BCUT2D eigenvalue weighted by molar-refractivity contribution is 1.04. The minimum absolute atomic E-state index is 0.657. The number of fused-ring (bicyclic) bond motifs is 2. The Morgan fingerprint density at radius 1 is 1.14 bits per heavy atom. The summed E-state index contributed by atoms with van der Waals surface area (Å²) in [5.74, 6) is 0. The standard InChI is InChI=1S/C6H7Si/c1-2-6-4-3-5(1)7-6/h1-2,7H,3-4H2/q+1. The molecule has 2 bridgehead atoms. The van der Waals surface area contributed by atoms with Crippen LogP contribution >= 0.6 is 0 Å². The number of allylic oxidation sites excluding steroid dienone is 4. The summed E-state index contributed by atoms with van der Waals surface area (Å²) >= 11 is 0. The fourth-order valence-corrected chi connectivity index (χ4v) is 2.59. The first-order valence-electron chi connectivity index (χ1n) is 2.70. The zero-order valence-corrected chi connectivity index (χ0v) is 5.30. The molecule has 1 heteroatoms. The molecule has 2 heterocycles. The zero-order valence-electron chi connectivity index (χ0n) is 4.15. The Morgan fingerprint density at radius 2 is 1.71 bits per heavy atom. The van der Waals surface area contributed by atoms with Crippen molar-refractivity contribution in [2.45, 2.75) is 12.8 Å². The molecule has 1 fully saturated rings. The molecule has 0 spiro atoms. The fourth-order valence-electron chi connectivity index (χ4n) is 1.15. The first-order chi connectivity index (χ1) is 3.45. The van der Waals surface area contributed by atoms with E-state index in [0.717, 1.165) is 0 Å². The van der Waals surface area contributed by atoms with E-state index in [0.29, 0.717) is 9.52 Å². The SMILES string of the molecule is C1=C2CCC(=C1)[SiH+]2. The van der Waals surface area contributed by atoms with Crippen molar-refractivity contribution in [1.82, 2.24) is 0 Å². The van der Waals surface area contributed by atoms with Gasteiger partial charge in [-0.2, -0.15) is 0 Å². The van der Waals surface area contributed by atoms with Crippen LogP contribution in [0.2, 0.25) is 0 Å². The summed E-state index contributed by atoms with van der Waals surface area (Å²) in [6.07, 6.45) is 7.38. The molecule has 0 N–H and O–H groups in total. The second-order valence-corrected chi connectivity index (χ2v) is 3.90. The third-order valence-corrected chi connectivity index (χ3v) is 3.29. The van der Waals surface area contributed by atoms with E-state index in [1.165, 1.54) is 12.8 Å². The van der Waals surface area contributed by atoms with Crippen molar-refractivity contribution in [1.29, 1.82) is 0 Å². The monoisotopic (exact) mass is 107 g/mol. The Morgan fingerprint density at radius 3 is 1.86 bits per heavy atom. The molecule has 0 saturated carbocycles. The number of hydrogen-bond acceptors (Lipinski definition) is 0. The van der Waals surface area contributed by atoms with Crippen molar-refractivity contribution in [3.8, 4) is 0 Å². The minimum Gasteiger partial charge on any atom is -0.0287 e. The summed E-state index contributed by atoms with van der Waals surface area (Å²) in [5, 5.41) is 3.46. The molecule has 0 aromatic carbocycles. The first kappa shape index (κ1) is 3.67. The lowest BCUT2D eigenvalue weighted by Crippen LogP contribution is -1.78. The Bertz CT molecular complexity index is 136. The molecule has 2 aliphatic heterocycles. The van der Waals surface area contributed by atoms with Gasteiger partial charge in [-0.3, -0.25) is 0 Å². The van der Waals surface area contributed by atoms with Crippen molar-refractivity contribution < 1.29 is 0 Å². The third kappa shape index (κ3) is 0.415. The highest BCUT2D eigenvalue weighted by Gasteiger charge is 2.29. The second kappa shape index (κ2) is 1.10. The largest absolute Gasteiger partial charge is 0.366 e. The Balaban J connectivity index is 2.45. The second-order valence-electron chi connectivity index (χ2n) is 2.13. The van der Waals surface area contributed by atoms with Crippen molar-refractivity contribution in [2.75, 3.05) is 0 Å². The minimum atomic E-state index is 0.657. The molecule has 0 unspecified atom stereocenters. The van der Waals surface area contributed by atoms with Gasteiger partial charge < -0.3 is 0 Å². The fraction of sp³-hybridized carbons (Fsp3) is 0.333. The van der Waals surface area contributed by atoms with E-state index >= 15 is 0 Å². The van der Waals surface area contributed by atoms with Crippen LogP contribution in [0.25, 0.3) is 0 Å². The van der Waals surface area contributed by atoms with Gasteiger partial charge in [0.15, 0.2) is 0 Å². The summed E-state index contributed by atoms with van der Waals surface area (Å²) in [6.45, 7) is 0. The predicted molar refractivity (Wildman–Crippen MR) is 32.5 cm³/mol. The van der Waals surface area contributed by atoms with E-state index in [9.17, 15) is 0 Å². The van der Waals surface area contributed by atoms with Gasteiger partial charge in [-0.1, -0.05) is 0 Å². The van der Waals surface area contributed by atoms with Crippen LogP contribution in [0.15, 0.2) is 22.5 Å². The molecule has 0 aromatic heterocycles. The normalized spacial score (nSPS) is 24.0. The van der Waals surface area contributed by atoms with Gasteiger partial charge in [-0.05, 0) is 12.2 Å². The summed E-state index contributed by atoms with van der Waals surface area (Å²) in [5.41, 5.74) is 0. The van der Waals surface area contributed by atoms with Crippen LogP contribution in [0.4, 0.5) is 0 Å². The van der Waals surface area contributed by atoms with Crippen molar-refractivity contribution in [2.24, 2.45) is 0 Å². The maximum absolute atomic E-state index is 2.30. The molecule has 0 aromatic rings. The molecule has 7 heavy (non-hydrogen) atoms. The molecule has 34 valence electrons. The van der Waals surface area contributed by atoms with Gasteiger partial charge >= 0.3 is 9.52 Å². The molecule has 0 amide bonds. The van der Waals surface area contributed by atoms with Crippen LogP contribution in [0.5, 0.6) is 0 Å². The van der Waals surface area contributed by atoms with Gasteiger partial charge in [-0.25, -0.2) is 0 Å². The average molecular weight is 107 g/mol. The van der Waals surface area contributed by atoms with E-state index in [1.54, 1.807) is 10.4 Å². The molecule has 2 rings (SSSR count). The lowest BCUT2D eigenvalue weighted by Gasteiger charge is -1.80. The molecule has 0 aliphatic carbocycles. The molecular formula is C6H7Si+. The number of hydrogen-bond donors (Lipinski definition) is 0. The van der Waals surface area contributed by atoms with Gasteiger partial charge in [0.05, 0.1) is 10.4 Å². The van der Waals surface area contributed by atoms with E-state index in [1.807, 2.05) is 0 Å². The lowest BCUT2D eigenvalue weighted by atomic mass is 10.2. The van der Waals surface area contributed by atoms with Gasteiger partial charge in [-0.15, -0.1) is 0 Å². The molecule has 1 saturated heterocycles. The van der Waals surface area contributed by atoms with Gasteiger partial charge in [0.2, 0.25) is 0 Å². The molecule has 0 radical (unpaired) electrons. The third-order valence-electron chi connectivity index (χ3n) is 1.58. The predicted octanol–water partition coefficient (Wildman–Crippen LogP) is 0.998. The van der Waals surface area contributed by atoms with E-state index < -0.39 is 0 Å². The van der Waals surface area contributed by atoms with Crippen LogP contribution in [-0.2, 0) is 0 Å². The Hall–Kier alpha value is -0.303. The number of rotatable bonds is 0. The summed E-state index contributed by atoms with van der Waals surface area (Å²) in [4.78, 5) is 0. The highest BCUT2D eigenvalue weighted by molar-refractivity contribution is 6.56. The van der Waals surface area contributed by atoms with Crippen molar-refractivity contribution in [3.63, 3.8) is 0 Å². The van der Waals surface area contributed by atoms with Crippen LogP contribution < -0.4 is 0 Å². The van der Waals surface area contributed by atoms with E-state index in [-0.39, 0.29) is 0 Å². The highest BCUT2D eigenvalue weighted by atomic mass is 28.2. The summed E-state index contributed by atoms with van der Waals surface area (Å²) in [7, 11) is 0.657. The van der Waals surface area contributed by atoms with Gasteiger partial charge in [0.25, 0.3) is 0 Å². The summed E-state index contributed by atoms with van der Waals surface area (Å²) in [6, 6.07) is 0. The van der Waals surface area contributed by atoms with E-state index in [2.05, 4.69) is 12.2 Å². The molecule has 0 atom stereocenters. The van der Waals surface area contributed by atoms with Gasteiger partial charge in [0.1, 0.15) is 0 Å². The maximum atomic E-state index is 2.30. The Labute approximate surface area is 45.7 Å². The molecular weight excluding hydrogens is 100 g/mol. The van der Waals surface area contributed by atoms with Crippen LogP contribution in [0.3, 0.4) is 0 Å². The molecule has 2 aliphatic rings. The van der Waals surface area contributed by atoms with Gasteiger partial charge in [0, 0.05) is 12.8 Å². The van der Waals surface area contributed by atoms with Crippen LogP contribution in [-0.4, -0.2) is 9.52 Å². The zero-order chi connectivity index (χ0) is 4.69. The van der Waals surface area contributed by atoms with E-state index in [4.69, 9.17) is 0 Å². The molecule has 0 nitrogen and oxygen atoms in total. The maximum Gasteiger partial charge on any atom is 0.366 e. The first-order valence-corrected chi connectivity index (χ1v) is 3.85. The smallest absolute Gasteiger partial charge is 0.0287 e. The highest BCUT2D eigenvalue weighted by Crippen LogP contribution is 2.26. The quantitative estimate of drug-likeness (QED) is 0.405. The summed E-state index contributed by atoms with van der Waals surface area (Å²) < 4.78 is 0. The Kier molecular flexibility index (Phi) is 0.576. The van der Waals surface area contributed by atoms with Crippen LogP contribution in [0.1, 0.15) is 12.8 Å².